The smallest absolute Gasteiger partial charge is 0.131 e. The van der Waals surface area contributed by atoms with E-state index in [0.717, 1.165) is 18.7 Å². The van der Waals surface area contributed by atoms with Crippen LogP contribution in [0, 0.1) is 5.82 Å². The van der Waals surface area contributed by atoms with Crippen molar-refractivity contribution in [1.82, 2.24) is 0 Å². The summed E-state index contributed by atoms with van der Waals surface area (Å²) in [6.07, 6.45) is 0.136. The average molecular weight is 253 g/mol. The number of benzene rings is 1. The maximum absolute atomic E-state index is 13.9. The molecule has 1 fully saturated rings. The standard InChI is InChI=1S/C14H20FNO2/c1-3-11-9-18-8-7-16(11)13-6-4-5-12(15)14(13)10(2)17/h4-6,10-11,17H,3,7-9H2,1-2H3/t10-,11?/m0/s1. The molecule has 4 heteroatoms. The van der Waals surface area contributed by atoms with Gasteiger partial charge in [-0.25, -0.2) is 4.39 Å². The van der Waals surface area contributed by atoms with Crippen molar-refractivity contribution in [2.24, 2.45) is 0 Å². The highest BCUT2D eigenvalue weighted by atomic mass is 19.1. The maximum atomic E-state index is 13.9. The van der Waals surface area contributed by atoms with Crippen LogP contribution in [0.1, 0.15) is 31.9 Å². The molecule has 0 saturated carbocycles. The Hall–Kier alpha value is -1.13. The van der Waals surface area contributed by atoms with Crippen LogP contribution in [0.4, 0.5) is 10.1 Å². The highest BCUT2D eigenvalue weighted by Crippen LogP contribution is 2.31. The van der Waals surface area contributed by atoms with Crippen molar-refractivity contribution in [1.29, 1.82) is 0 Å². The van der Waals surface area contributed by atoms with E-state index >= 15 is 0 Å². The number of anilines is 1. The first-order valence-corrected chi connectivity index (χ1v) is 6.46. The molecule has 1 heterocycles. The first-order valence-electron chi connectivity index (χ1n) is 6.46. The van der Waals surface area contributed by atoms with Crippen LogP contribution in [0.5, 0.6) is 0 Å². The lowest BCUT2D eigenvalue weighted by Crippen LogP contribution is -2.45. The van der Waals surface area contributed by atoms with Crippen molar-refractivity contribution in [3.8, 4) is 0 Å². The largest absolute Gasteiger partial charge is 0.389 e. The molecule has 1 aliphatic rings. The van der Waals surface area contributed by atoms with Gasteiger partial charge in [0.05, 0.1) is 25.4 Å². The normalized spacial score (nSPS) is 22.0. The molecule has 0 aliphatic carbocycles. The predicted molar refractivity (Wildman–Crippen MR) is 69.3 cm³/mol. The van der Waals surface area contributed by atoms with Gasteiger partial charge in [0.2, 0.25) is 0 Å². The van der Waals surface area contributed by atoms with Gasteiger partial charge in [-0.15, -0.1) is 0 Å². The van der Waals surface area contributed by atoms with Crippen molar-refractivity contribution in [3.63, 3.8) is 0 Å². The lowest BCUT2D eigenvalue weighted by Gasteiger charge is -2.38. The molecule has 2 rings (SSSR count). The van der Waals surface area contributed by atoms with Crippen LogP contribution < -0.4 is 4.90 Å². The van der Waals surface area contributed by atoms with E-state index in [-0.39, 0.29) is 11.9 Å². The summed E-state index contributed by atoms with van der Waals surface area (Å²) < 4.78 is 19.3. The van der Waals surface area contributed by atoms with Crippen molar-refractivity contribution < 1.29 is 14.2 Å². The average Bonchev–Trinajstić information content (AvgIpc) is 2.38. The second-order valence-electron chi connectivity index (χ2n) is 4.68. The molecular formula is C14H20FNO2. The molecule has 0 aromatic heterocycles. The Morgan fingerprint density at radius 2 is 2.33 bits per heavy atom. The molecule has 2 atom stereocenters. The van der Waals surface area contributed by atoms with Gasteiger partial charge in [-0.3, -0.25) is 0 Å². The minimum Gasteiger partial charge on any atom is -0.389 e. The van der Waals surface area contributed by atoms with E-state index in [1.165, 1.54) is 6.07 Å². The summed E-state index contributed by atoms with van der Waals surface area (Å²) >= 11 is 0. The van der Waals surface area contributed by atoms with Crippen LogP contribution in [-0.4, -0.2) is 30.9 Å². The third-order valence-corrected chi connectivity index (χ3v) is 3.46. The minimum absolute atomic E-state index is 0.248. The van der Waals surface area contributed by atoms with E-state index in [1.807, 2.05) is 6.07 Å². The van der Waals surface area contributed by atoms with Crippen LogP contribution >= 0.6 is 0 Å². The van der Waals surface area contributed by atoms with Gasteiger partial charge in [0.15, 0.2) is 0 Å². The lowest BCUT2D eigenvalue weighted by molar-refractivity contribution is 0.0924. The van der Waals surface area contributed by atoms with E-state index < -0.39 is 6.10 Å². The van der Waals surface area contributed by atoms with Gasteiger partial charge in [0.25, 0.3) is 0 Å². The Kier molecular flexibility index (Phi) is 4.19. The number of aliphatic hydroxyl groups is 1. The molecule has 0 spiro atoms. The first kappa shape index (κ1) is 13.3. The quantitative estimate of drug-likeness (QED) is 0.898. The molecule has 1 aromatic carbocycles. The molecule has 1 aliphatic heterocycles. The summed E-state index contributed by atoms with van der Waals surface area (Å²) in [6, 6.07) is 5.21. The Morgan fingerprint density at radius 1 is 1.56 bits per heavy atom. The molecule has 1 unspecified atom stereocenters. The van der Waals surface area contributed by atoms with Crippen LogP contribution in [0.2, 0.25) is 0 Å². The SMILES string of the molecule is CCC1COCCN1c1cccc(F)c1[C@H](C)O. The van der Waals surface area contributed by atoms with Gasteiger partial charge < -0.3 is 14.7 Å². The molecule has 0 bridgehead atoms. The van der Waals surface area contributed by atoms with Crippen molar-refractivity contribution in [3.05, 3.63) is 29.6 Å². The van der Waals surface area contributed by atoms with E-state index in [0.29, 0.717) is 18.8 Å². The number of hydrogen-bond donors (Lipinski definition) is 1. The summed E-state index contributed by atoms with van der Waals surface area (Å²) in [5, 5.41) is 9.78. The first-order chi connectivity index (χ1) is 8.65. The van der Waals surface area contributed by atoms with Gasteiger partial charge in [-0.05, 0) is 25.5 Å². The summed E-state index contributed by atoms with van der Waals surface area (Å²) in [5.74, 6) is -0.344. The van der Waals surface area contributed by atoms with Gasteiger partial charge >= 0.3 is 0 Å². The molecule has 0 radical (unpaired) electrons. The van der Waals surface area contributed by atoms with Crippen molar-refractivity contribution in [2.75, 3.05) is 24.7 Å². The van der Waals surface area contributed by atoms with Crippen LogP contribution in [0.25, 0.3) is 0 Å². The van der Waals surface area contributed by atoms with Crippen molar-refractivity contribution >= 4 is 5.69 Å². The molecule has 0 amide bonds. The highest BCUT2D eigenvalue weighted by molar-refractivity contribution is 5.56. The summed E-state index contributed by atoms with van der Waals surface area (Å²) in [4.78, 5) is 2.15. The van der Waals surface area contributed by atoms with Gasteiger partial charge in [0, 0.05) is 17.8 Å². The molecular weight excluding hydrogens is 233 g/mol. The molecule has 1 saturated heterocycles. The second kappa shape index (κ2) is 5.67. The van der Waals surface area contributed by atoms with E-state index in [2.05, 4.69) is 11.8 Å². The molecule has 18 heavy (non-hydrogen) atoms. The number of hydrogen-bond acceptors (Lipinski definition) is 3. The summed E-state index contributed by atoms with van der Waals surface area (Å²) in [6.45, 7) is 5.73. The third-order valence-electron chi connectivity index (χ3n) is 3.46. The fraction of sp³-hybridized carbons (Fsp3) is 0.571. The van der Waals surface area contributed by atoms with E-state index in [4.69, 9.17) is 4.74 Å². The Morgan fingerprint density at radius 3 is 3.00 bits per heavy atom. The molecule has 3 nitrogen and oxygen atoms in total. The number of morpholine rings is 1. The zero-order valence-electron chi connectivity index (χ0n) is 10.9. The highest BCUT2D eigenvalue weighted by Gasteiger charge is 2.26. The Labute approximate surface area is 107 Å². The topological polar surface area (TPSA) is 32.7 Å². The Bertz CT molecular complexity index is 409. The van der Waals surface area contributed by atoms with Gasteiger partial charge in [-0.2, -0.15) is 0 Å². The number of rotatable bonds is 3. The number of nitrogens with zero attached hydrogens (tertiary/aromatic N) is 1. The third kappa shape index (κ3) is 2.49. The van der Waals surface area contributed by atoms with Gasteiger partial charge in [-0.1, -0.05) is 13.0 Å². The molecule has 1 aromatic rings. The lowest BCUT2D eigenvalue weighted by atomic mass is 10.0. The van der Waals surface area contributed by atoms with Crippen LogP contribution in [0.3, 0.4) is 0 Å². The predicted octanol–water partition coefficient (Wildman–Crippen LogP) is 2.49. The van der Waals surface area contributed by atoms with Crippen LogP contribution in [0.15, 0.2) is 18.2 Å². The summed E-state index contributed by atoms with van der Waals surface area (Å²) in [7, 11) is 0. The molecule has 1 N–H and O–H groups in total. The minimum atomic E-state index is -0.804. The fourth-order valence-corrected chi connectivity index (χ4v) is 2.50. The monoisotopic (exact) mass is 253 g/mol. The van der Waals surface area contributed by atoms with Crippen LogP contribution in [-0.2, 0) is 4.74 Å². The number of aliphatic hydroxyl groups excluding tert-OH is 1. The zero-order chi connectivity index (χ0) is 13.1. The summed E-state index contributed by atoms with van der Waals surface area (Å²) in [5.41, 5.74) is 1.18. The van der Waals surface area contributed by atoms with E-state index in [9.17, 15) is 9.50 Å². The fourth-order valence-electron chi connectivity index (χ4n) is 2.50. The van der Waals surface area contributed by atoms with Gasteiger partial charge in [0.1, 0.15) is 5.82 Å². The Balaban J connectivity index is 2.39. The molecule has 100 valence electrons. The maximum Gasteiger partial charge on any atom is 0.131 e. The zero-order valence-corrected chi connectivity index (χ0v) is 10.9. The number of ether oxygens (including phenoxy) is 1. The van der Waals surface area contributed by atoms with E-state index in [1.54, 1.807) is 13.0 Å². The second-order valence-corrected chi connectivity index (χ2v) is 4.68. The number of halogens is 1. The van der Waals surface area contributed by atoms with Crippen molar-refractivity contribution in [2.45, 2.75) is 32.4 Å².